The Hall–Kier alpha value is -1.28. The molecule has 0 aromatic heterocycles. The molecule has 0 fully saturated rings. The van der Waals surface area contributed by atoms with Crippen LogP contribution in [0.3, 0.4) is 0 Å². The highest BCUT2D eigenvalue weighted by molar-refractivity contribution is 9.10. The Morgan fingerprint density at radius 3 is 2.47 bits per heavy atom. The first-order chi connectivity index (χ1) is 8.22. The maximum absolute atomic E-state index is 5.33. The Balaban J connectivity index is 2.36. The van der Waals surface area contributed by atoms with Gasteiger partial charge in [-0.15, -0.1) is 0 Å². The molecule has 2 heteroatoms. The second-order valence-corrected chi connectivity index (χ2v) is 4.64. The Morgan fingerprint density at radius 1 is 1.12 bits per heavy atom. The summed E-state index contributed by atoms with van der Waals surface area (Å²) in [6, 6.07) is 14.3. The van der Waals surface area contributed by atoms with Crippen molar-refractivity contribution < 1.29 is 4.74 Å². The molecule has 17 heavy (non-hydrogen) atoms. The highest BCUT2D eigenvalue weighted by Gasteiger charge is 2.04. The minimum atomic E-state index is 0.454. The van der Waals surface area contributed by atoms with Gasteiger partial charge in [-0.3, -0.25) is 0 Å². The summed E-state index contributed by atoms with van der Waals surface area (Å²) in [6.07, 6.45) is 0. The molecule has 87 valence electrons. The standard InChI is InChI=1S/C15H14BrO/c1-3-17-13-9-7-12(8-10-13)14-5-4-6-15(16)11(14)2/h4-10H,1,3H2,2H3. The molecule has 0 unspecified atom stereocenters. The summed E-state index contributed by atoms with van der Waals surface area (Å²) in [5.74, 6) is 0.858. The average molecular weight is 290 g/mol. The first kappa shape index (κ1) is 12.2. The fourth-order valence-corrected chi connectivity index (χ4v) is 2.13. The highest BCUT2D eigenvalue weighted by Crippen LogP contribution is 2.29. The molecule has 0 saturated heterocycles. The lowest BCUT2D eigenvalue weighted by Gasteiger charge is -2.09. The van der Waals surface area contributed by atoms with Crippen LogP contribution in [0.25, 0.3) is 11.1 Å². The second kappa shape index (κ2) is 5.37. The fraction of sp³-hybridized carbons (Fsp3) is 0.133. The van der Waals surface area contributed by atoms with Crippen molar-refractivity contribution in [2.24, 2.45) is 0 Å². The number of benzene rings is 2. The van der Waals surface area contributed by atoms with Gasteiger partial charge in [-0.05, 0) is 48.7 Å². The predicted molar refractivity (Wildman–Crippen MR) is 75.2 cm³/mol. The SMILES string of the molecule is [CH2]COc1ccc(-c2cccc(Br)c2C)cc1. The van der Waals surface area contributed by atoms with Gasteiger partial charge in [0, 0.05) is 4.47 Å². The van der Waals surface area contributed by atoms with Gasteiger partial charge in [-0.2, -0.15) is 0 Å². The monoisotopic (exact) mass is 289 g/mol. The van der Waals surface area contributed by atoms with E-state index >= 15 is 0 Å². The predicted octanol–water partition coefficient (Wildman–Crippen LogP) is 4.64. The van der Waals surface area contributed by atoms with Crippen LogP contribution in [-0.2, 0) is 0 Å². The summed E-state index contributed by atoms with van der Waals surface area (Å²) in [4.78, 5) is 0. The average Bonchev–Trinajstić information content (AvgIpc) is 2.34. The lowest BCUT2D eigenvalue weighted by Crippen LogP contribution is -1.91. The first-order valence-electron chi connectivity index (χ1n) is 5.50. The van der Waals surface area contributed by atoms with E-state index in [1.54, 1.807) is 0 Å². The van der Waals surface area contributed by atoms with Gasteiger partial charge in [0.05, 0.1) is 6.61 Å². The summed E-state index contributed by atoms with van der Waals surface area (Å²) in [7, 11) is 0. The van der Waals surface area contributed by atoms with Gasteiger partial charge < -0.3 is 4.74 Å². The van der Waals surface area contributed by atoms with Crippen LogP contribution in [0.4, 0.5) is 0 Å². The molecule has 0 aliphatic heterocycles. The molecule has 2 aromatic rings. The van der Waals surface area contributed by atoms with Crippen LogP contribution >= 0.6 is 15.9 Å². The number of halogens is 1. The maximum atomic E-state index is 5.33. The highest BCUT2D eigenvalue weighted by atomic mass is 79.9. The van der Waals surface area contributed by atoms with E-state index in [4.69, 9.17) is 4.74 Å². The third-order valence-electron chi connectivity index (χ3n) is 2.70. The molecule has 0 atom stereocenters. The number of hydrogen-bond donors (Lipinski definition) is 0. The zero-order valence-corrected chi connectivity index (χ0v) is 11.3. The van der Waals surface area contributed by atoms with Gasteiger partial charge in [0.15, 0.2) is 0 Å². The van der Waals surface area contributed by atoms with Crippen LogP contribution in [0.15, 0.2) is 46.9 Å². The van der Waals surface area contributed by atoms with E-state index in [1.807, 2.05) is 18.2 Å². The van der Waals surface area contributed by atoms with Crippen molar-refractivity contribution in [3.63, 3.8) is 0 Å². The van der Waals surface area contributed by atoms with Crippen LogP contribution in [-0.4, -0.2) is 6.61 Å². The minimum Gasteiger partial charge on any atom is -0.494 e. The summed E-state index contributed by atoms with van der Waals surface area (Å²) < 4.78 is 6.46. The molecular formula is C15H14BrO. The Morgan fingerprint density at radius 2 is 1.82 bits per heavy atom. The van der Waals surface area contributed by atoms with Gasteiger partial charge in [-0.1, -0.05) is 40.2 Å². The van der Waals surface area contributed by atoms with E-state index in [1.165, 1.54) is 16.7 Å². The number of hydrogen-bond acceptors (Lipinski definition) is 1. The molecular weight excluding hydrogens is 276 g/mol. The number of ether oxygens (including phenoxy) is 1. The van der Waals surface area contributed by atoms with Crippen molar-refractivity contribution in [1.29, 1.82) is 0 Å². The molecule has 1 nitrogen and oxygen atoms in total. The van der Waals surface area contributed by atoms with Crippen molar-refractivity contribution in [1.82, 2.24) is 0 Å². The van der Waals surface area contributed by atoms with Gasteiger partial charge in [-0.25, -0.2) is 0 Å². The molecule has 0 saturated carbocycles. The van der Waals surface area contributed by atoms with Crippen molar-refractivity contribution in [3.8, 4) is 16.9 Å². The van der Waals surface area contributed by atoms with Gasteiger partial charge in [0.25, 0.3) is 0 Å². The molecule has 0 N–H and O–H groups in total. The lowest BCUT2D eigenvalue weighted by molar-refractivity contribution is 0.361. The fourth-order valence-electron chi connectivity index (χ4n) is 1.77. The molecule has 0 aliphatic carbocycles. The molecule has 1 radical (unpaired) electrons. The van der Waals surface area contributed by atoms with Gasteiger partial charge in [0.1, 0.15) is 5.75 Å². The first-order valence-corrected chi connectivity index (χ1v) is 6.29. The smallest absolute Gasteiger partial charge is 0.119 e. The molecule has 0 heterocycles. The van der Waals surface area contributed by atoms with E-state index in [0.717, 1.165) is 10.2 Å². The number of rotatable bonds is 3. The van der Waals surface area contributed by atoms with Crippen molar-refractivity contribution in [2.75, 3.05) is 6.61 Å². The maximum Gasteiger partial charge on any atom is 0.119 e. The normalized spacial score (nSPS) is 10.3. The van der Waals surface area contributed by atoms with Crippen LogP contribution in [0.2, 0.25) is 0 Å². The lowest BCUT2D eigenvalue weighted by atomic mass is 10.0. The zero-order chi connectivity index (χ0) is 12.3. The van der Waals surface area contributed by atoms with Crippen LogP contribution in [0, 0.1) is 13.8 Å². The molecule has 0 amide bonds. The Kier molecular flexibility index (Phi) is 3.85. The van der Waals surface area contributed by atoms with E-state index in [2.05, 4.69) is 54.0 Å². The summed E-state index contributed by atoms with van der Waals surface area (Å²) in [5.41, 5.74) is 3.68. The molecule has 2 rings (SSSR count). The van der Waals surface area contributed by atoms with E-state index in [0.29, 0.717) is 6.61 Å². The van der Waals surface area contributed by atoms with Gasteiger partial charge >= 0.3 is 0 Å². The molecule has 0 aliphatic rings. The second-order valence-electron chi connectivity index (χ2n) is 3.79. The topological polar surface area (TPSA) is 9.23 Å². The molecule has 0 bridgehead atoms. The van der Waals surface area contributed by atoms with Crippen LogP contribution in [0.5, 0.6) is 5.75 Å². The Bertz CT molecular complexity index is 503. The van der Waals surface area contributed by atoms with E-state index in [9.17, 15) is 0 Å². The van der Waals surface area contributed by atoms with E-state index in [-0.39, 0.29) is 0 Å². The van der Waals surface area contributed by atoms with Gasteiger partial charge in [0.2, 0.25) is 0 Å². The Labute approximate surface area is 111 Å². The van der Waals surface area contributed by atoms with Crippen molar-refractivity contribution >= 4 is 15.9 Å². The van der Waals surface area contributed by atoms with Crippen LogP contribution in [0.1, 0.15) is 5.56 Å². The third kappa shape index (κ3) is 2.70. The molecule has 2 aromatic carbocycles. The summed E-state index contributed by atoms with van der Waals surface area (Å²) >= 11 is 3.55. The van der Waals surface area contributed by atoms with Crippen molar-refractivity contribution in [3.05, 3.63) is 59.4 Å². The minimum absolute atomic E-state index is 0.454. The summed E-state index contributed by atoms with van der Waals surface area (Å²) in [5, 5.41) is 0. The summed E-state index contributed by atoms with van der Waals surface area (Å²) in [6.45, 7) is 6.22. The molecule has 0 spiro atoms. The van der Waals surface area contributed by atoms with E-state index < -0.39 is 0 Å². The van der Waals surface area contributed by atoms with Crippen molar-refractivity contribution in [2.45, 2.75) is 6.92 Å². The zero-order valence-electron chi connectivity index (χ0n) is 9.74. The van der Waals surface area contributed by atoms with Crippen LogP contribution < -0.4 is 4.74 Å². The quantitative estimate of drug-likeness (QED) is 0.800. The largest absolute Gasteiger partial charge is 0.494 e. The third-order valence-corrected chi connectivity index (χ3v) is 3.56.